The fraction of sp³-hybridized carbons (Fsp3) is 0.263. The molecule has 1 fully saturated rings. The van der Waals surface area contributed by atoms with Crippen LogP contribution in [0.1, 0.15) is 29.6 Å². The summed E-state index contributed by atoms with van der Waals surface area (Å²) in [5.41, 5.74) is 0.913. The number of nitrogens with one attached hydrogen (secondary N) is 1. The van der Waals surface area contributed by atoms with E-state index in [2.05, 4.69) is 20.5 Å². The molecule has 1 N–H and O–H groups in total. The van der Waals surface area contributed by atoms with Gasteiger partial charge in [0.05, 0.1) is 10.5 Å². The van der Waals surface area contributed by atoms with E-state index >= 15 is 0 Å². The summed E-state index contributed by atoms with van der Waals surface area (Å²) in [6.07, 6.45) is 5.97. The molecule has 9 nitrogen and oxygen atoms in total. The molecule has 150 valence electrons. The van der Waals surface area contributed by atoms with Gasteiger partial charge in [-0.15, -0.1) is 5.10 Å². The second kappa shape index (κ2) is 8.10. The zero-order chi connectivity index (χ0) is 20.3. The third-order valence-electron chi connectivity index (χ3n) is 4.62. The van der Waals surface area contributed by atoms with Crippen LogP contribution >= 0.6 is 0 Å². The number of carbonyl (C=O) groups excluding carboxylic acids is 1. The Morgan fingerprint density at radius 3 is 2.48 bits per heavy atom. The van der Waals surface area contributed by atoms with Crippen LogP contribution < -0.4 is 5.32 Å². The Morgan fingerprint density at radius 1 is 1.03 bits per heavy atom. The molecule has 0 unspecified atom stereocenters. The predicted octanol–water partition coefficient (Wildman–Crippen LogP) is 2.56. The minimum Gasteiger partial charge on any atom is -0.403 e. The Bertz CT molecular complexity index is 1090. The van der Waals surface area contributed by atoms with E-state index in [-0.39, 0.29) is 22.4 Å². The molecule has 2 aromatic heterocycles. The van der Waals surface area contributed by atoms with Gasteiger partial charge in [-0.2, -0.15) is 4.31 Å². The maximum absolute atomic E-state index is 12.7. The minimum absolute atomic E-state index is 0.0566. The van der Waals surface area contributed by atoms with Crippen molar-refractivity contribution in [2.75, 3.05) is 18.4 Å². The number of anilines is 1. The van der Waals surface area contributed by atoms with E-state index in [1.54, 1.807) is 24.5 Å². The maximum atomic E-state index is 12.7. The lowest BCUT2D eigenvalue weighted by Crippen LogP contribution is -2.35. The molecule has 1 aromatic carbocycles. The monoisotopic (exact) mass is 413 g/mol. The summed E-state index contributed by atoms with van der Waals surface area (Å²) in [5, 5.41) is 10.2. The quantitative estimate of drug-likeness (QED) is 0.683. The van der Waals surface area contributed by atoms with Crippen LogP contribution in [0.25, 0.3) is 11.5 Å². The molecule has 1 aliphatic rings. The van der Waals surface area contributed by atoms with E-state index in [0.29, 0.717) is 18.7 Å². The molecule has 3 heterocycles. The molecule has 0 aliphatic carbocycles. The highest BCUT2D eigenvalue weighted by Gasteiger charge is 2.26. The largest absolute Gasteiger partial charge is 0.403 e. The summed E-state index contributed by atoms with van der Waals surface area (Å²) in [4.78, 5) is 16.6. The summed E-state index contributed by atoms with van der Waals surface area (Å²) >= 11 is 0. The molecule has 10 heteroatoms. The molecule has 1 amide bonds. The van der Waals surface area contributed by atoms with E-state index in [4.69, 9.17) is 4.42 Å². The molecule has 1 aliphatic heterocycles. The van der Waals surface area contributed by atoms with E-state index in [0.717, 1.165) is 19.3 Å². The van der Waals surface area contributed by atoms with Gasteiger partial charge in [0, 0.05) is 31.0 Å². The Balaban J connectivity index is 1.45. The lowest BCUT2D eigenvalue weighted by atomic mass is 10.2. The van der Waals surface area contributed by atoms with Gasteiger partial charge in [-0.1, -0.05) is 11.5 Å². The highest BCUT2D eigenvalue weighted by atomic mass is 32.2. The fourth-order valence-corrected chi connectivity index (χ4v) is 4.60. The molecule has 1 saturated heterocycles. The van der Waals surface area contributed by atoms with Gasteiger partial charge in [0.25, 0.3) is 11.8 Å². The van der Waals surface area contributed by atoms with Gasteiger partial charge in [-0.25, -0.2) is 8.42 Å². The van der Waals surface area contributed by atoms with Crippen molar-refractivity contribution in [1.82, 2.24) is 19.5 Å². The van der Waals surface area contributed by atoms with Crippen LogP contribution in [0.4, 0.5) is 6.01 Å². The van der Waals surface area contributed by atoms with Gasteiger partial charge in [-0.05, 0) is 49.2 Å². The summed E-state index contributed by atoms with van der Waals surface area (Å²) in [5.74, 6) is -0.246. The number of amides is 1. The van der Waals surface area contributed by atoms with Crippen molar-refractivity contribution in [2.24, 2.45) is 0 Å². The van der Waals surface area contributed by atoms with Crippen molar-refractivity contribution in [3.63, 3.8) is 0 Å². The minimum atomic E-state index is -3.54. The number of aromatic nitrogens is 3. The molecule has 0 bridgehead atoms. The zero-order valence-electron chi connectivity index (χ0n) is 15.5. The van der Waals surface area contributed by atoms with Crippen molar-refractivity contribution in [3.05, 3.63) is 54.4 Å². The molecular formula is C19H19N5O4S. The third kappa shape index (κ3) is 4.17. The molecule has 0 atom stereocenters. The summed E-state index contributed by atoms with van der Waals surface area (Å²) in [6.45, 7) is 1.06. The van der Waals surface area contributed by atoms with Crippen molar-refractivity contribution in [2.45, 2.75) is 24.2 Å². The molecule has 0 saturated carbocycles. The Morgan fingerprint density at radius 2 is 1.79 bits per heavy atom. The van der Waals surface area contributed by atoms with Crippen LogP contribution in [-0.2, 0) is 10.0 Å². The van der Waals surface area contributed by atoms with Gasteiger partial charge in [0.15, 0.2) is 0 Å². The average molecular weight is 413 g/mol. The van der Waals surface area contributed by atoms with Crippen LogP contribution in [0.2, 0.25) is 0 Å². The van der Waals surface area contributed by atoms with Gasteiger partial charge >= 0.3 is 6.01 Å². The third-order valence-corrected chi connectivity index (χ3v) is 6.54. The number of carbonyl (C=O) groups is 1. The molecule has 3 aromatic rings. The van der Waals surface area contributed by atoms with Gasteiger partial charge in [-0.3, -0.25) is 15.1 Å². The molecular weight excluding hydrogens is 394 g/mol. The first-order valence-corrected chi connectivity index (χ1v) is 10.6. The van der Waals surface area contributed by atoms with Gasteiger partial charge < -0.3 is 4.42 Å². The van der Waals surface area contributed by atoms with Crippen LogP contribution in [0.15, 0.2) is 58.1 Å². The number of hydrogen-bond acceptors (Lipinski definition) is 7. The summed E-state index contributed by atoms with van der Waals surface area (Å²) in [6, 6.07) is 9.24. The SMILES string of the molecule is O=C(Nc1nnc(-c2cccnc2)o1)c1ccc(S(=O)(=O)N2CCCCC2)cc1. The Kier molecular flexibility index (Phi) is 5.36. The fourth-order valence-electron chi connectivity index (χ4n) is 3.08. The van der Waals surface area contributed by atoms with E-state index in [1.165, 1.54) is 28.6 Å². The van der Waals surface area contributed by atoms with Crippen molar-refractivity contribution in [1.29, 1.82) is 0 Å². The highest BCUT2D eigenvalue weighted by Crippen LogP contribution is 2.22. The summed E-state index contributed by atoms with van der Waals surface area (Å²) < 4.78 is 32.3. The normalized spacial score (nSPS) is 15.2. The van der Waals surface area contributed by atoms with Gasteiger partial charge in [0.2, 0.25) is 10.0 Å². The van der Waals surface area contributed by atoms with Crippen molar-refractivity contribution < 1.29 is 17.6 Å². The zero-order valence-corrected chi connectivity index (χ0v) is 16.3. The van der Waals surface area contributed by atoms with E-state index in [1.807, 2.05) is 0 Å². The van der Waals surface area contributed by atoms with Crippen LogP contribution in [0, 0.1) is 0 Å². The standard InChI is InChI=1S/C19H19N5O4S/c25-17(21-19-23-22-18(28-19)15-5-4-10-20-13-15)14-6-8-16(9-7-14)29(26,27)24-11-2-1-3-12-24/h4-10,13H,1-3,11-12H2,(H,21,23,25). The van der Waals surface area contributed by atoms with Crippen LogP contribution in [0.5, 0.6) is 0 Å². The number of sulfonamides is 1. The lowest BCUT2D eigenvalue weighted by molar-refractivity contribution is 0.102. The van der Waals surface area contributed by atoms with Crippen molar-refractivity contribution >= 4 is 21.9 Å². The average Bonchev–Trinajstić information content (AvgIpc) is 3.23. The number of benzene rings is 1. The second-order valence-electron chi connectivity index (χ2n) is 6.60. The molecule has 0 spiro atoms. The number of piperidine rings is 1. The van der Waals surface area contributed by atoms with E-state index in [9.17, 15) is 13.2 Å². The van der Waals surface area contributed by atoms with Crippen LogP contribution in [0.3, 0.4) is 0 Å². The Labute approximate surface area is 167 Å². The number of pyridine rings is 1. The number of nitrogens with zero attached hydrogens (tertiary/aromatic N) is 4. The first kappa shape index (κ1) is 19.2. The topological polar surface area (TPSA) is 118 Å². The van der Waals surface area contributed by atoms with E-state index < -0.39 is 15.9 Å². The van der Waals surface area contributed by atoms with Crippen molar-refractivity contribution in [3.8, 4) is 11.5 Å². The Hall–Kier alpha value is -3.11. The molecule has 29 heavy (non-hydrogen) atoms. The number of hydrogen-bond donors (Lipinski definition) is 1. The predicted molar refractivity (Wildman–Crippen MR) is 105 cm³/mol. The molecule has 0 radical (unpaired) electrons. The smallest absolute Gasteiger partial charge is 0.322 e. The first-order chi connectivity index (χ1) is 14.0. The molecule has 4 rings (SSSR count). The summed E-state index contributed by atoms with van der Waals surface area (Å²) in [7, 11) is -3.54. The first-order valence-electron chi connectivity index (χ1n) is 9.19. The van der Waals surface area contributed by atoms with Gasteiger partial charge in [0.1, 0.15) is 0 Å². The number of rotatable bonds is 5. The second-order valence-corrected chi connectivity index (χ2v) is 8.54. The highest BCUT2D eigenvalue weighted by molar-refractivity contribution is 7.89. The lowest BCUT2D eigenvalue weighted by Gasteiger charge is -2.25. The van der Waals surface area contributed by atoms with Crippen LogP contribution in [-0.4, -0.2) is 46.9 Å². The maximum Gasteiger partial charge on any atom is 0.322 e.